The molecule has 1 aliphatic rings. The van der Waals surface area contributed by atoms with Gasteiger partial charge in [-0.3, -0.25) is 4.40 Å². The number of benzene rings is 1. The fourth-order valence-corrected chi connectivity index (χ4v) is 3.66. The molecule has 4 rings (SSSR count). The molecule has 1 aliphatic carbocycles. The van der Waals surface area contributed by atoms with E-state index in [1.54, 1.807) is 0 Å². The van der Waals surface area contributed by atoms with E-state index < -0.39 is 30.6 Å². The number of nitrogens with one attached hydrogen (secondary N) is 1. The zero-order valence-electron chi connectivity index (χ0n) is 16.4. The van der Waals surface area contributed by atoms with Crippen LogP contribution in [0.2, 0.25) is 0 Å². The Labute approximate surface area is 178 Å². The van der Waals surface area contributed by atoms with E-state index >= 15 is 0 Å². The Morgan fingerprint density at radius 2 is 1.94 bits per heavy atom. The number of imidazole rings is 1. The number of ether oxygens (including phenoxy) is 2. The molecule has 0 bridgehead atoms. The smallest absolute Gasteiger partial charge is 0.435 e. The molecule has 32 heavy (non-hydrogen) atoms. The van der Waals surface area contributed by atoms with Gasteiger partial charge in [0.15, 0.2) is 0 Å². The minimum atomic E-state index is -5.08. The molecule has 2 aromatic heterocycles. The standard InChI is InChI=1S/C19H18F5N5O3/c20-17(21)31-10-5-6-11(15(7-10)32-19(22,23)24)16-13-8-25-9-29(13)18(28-27-16)26-12-3-1-2-4-14(12)30/h5-9,12,14,17,30H,1-4H2,(H,26,28)/t12-,14-/m1/s1. The second-order valence-electron chi connectivity index (χ2n) is 7.21. The van der Waals surface area contributed by atoms with Gasteiger partial charge in [0.2, 0.25) is 5.95 Å². The molecule has 2 heterocycles. The summed E-state index contributed by atoms with van der Waals surface area (Å²) in [5.41, 5.74) is 0.133. The SMILES string of the molecule is O[C@@H]1CCCC[C@H]1Nc1nnc(-c2ccc(OC(F)F)cc2OC(F)(F)F)c2cncn12. The molecule has 2 N–H and O–H groups in total. The molecule has 8 nitrogen and oxygen atoms in total. The third kappa shape index (κ3) is 4.82. The van der Waals surface area contributed by atoms with E-state index in [-0.39, 0.29) is 23.2 Å². The Morgan fingerprint density at radius 1 is 1.16 bits per heavy atom. The maximum atomic E-state index is 12.9. The van der Waals surface area contributed by atoms with Gasteiger partial charge in [0.25, 0.3) is 0 Å². The van der Waals surface area contributed by atoms with Crippen LogP contribution in [0.25, 0.3) is 16.8 Å². The lowest BCUT2D eigenvalue weighted by Crippen LogP contribution is -2.37. The molecule has 3 aromatic rings. The Morgan fingerprint density at radius 3 is 2.66 bits per heavy atom. The van der Waals surface area contributed by atoms with Crippen molar-refractivity contribution in [2.45, 2.75) is 50.8 Å². The number of nitrogens with zero attached hydrogens (tertiary/aromatic N) is 4. The largest absolute Gasteiger partial charge is 0.573 e. The minimum Gasteiger partial charge on any atom is -0.435 e. The van der Waals surface area contributed by atoms with Crippen LogP contribution in [0.3, 0.4) is 0 Å². The molecule has 0 unspecified atom stereocenters. The topological polar surface area (TPSA) is 93.8 Å². The zero-order chi connectivity index (χ0) is 22.9. The predicted octanol–water partition coefficient (Wildman–Crippen LogP) is 4.01. The number of anilines is 1. The van der Waals surface area contributed by atoms with Gasteiger partial charge in [-0.1, -0.05) is 12.8 Å². The molecule has 0 spiro atoms. The molecule has 1 saturated carbocycles. The Balaban J connectivity index is 1.74. The number of alkyl halides is 5. The highest BCUT2D eigenvalue weighted by molar-refractivity contribution is 5.81. The van der Waals surface area contributed by atoms with Crippen LogP contribution >= 0.6 is 0 Å². The van der Waals surface area contributed by atoms with Crippen molar-refractivity contribution >= 4 is 11.5 Å². The van der Waals surface area contributed by atoms with Crippen LogP contribution in [0.4, 0.5) is 27.9 Å². The summed E-state index contributed by atoms with van der Waals surface area (Å²) in [6, 6.07) is 2.63. The maximum absolute atomic E-state index is 12.9. The summed E-state index contributed by atoms with van der Waals surface area (Å²) in [6.45, 7) is -3.22. The van der Waals surface area contributed by atoms with Crippen LogP contribution in [-0.4, -0.2) is 49.8 Å². The van der Waals surface area contributed by atoms with Gasteiger partial charge in [-0.2, -0.15) is 8.78 Å². The van der Waals surface area contributed by atoms with Gasteiger partial charge >= 0.3 is 13.0 Å². The van der Waals surface area contributed by atoms with Gasteiger partial charge in [0.1, 0.15) is 23.5 Å². The predicted molar refractivity (Wildman–Crippen MR) is 101 cm³/mol. The summed E-state index contributed by atoms with van der Waals surface area (Å²) < 4.78 is 73.5. The van der Waals surface area contributed by atoms with Gasteiger partial charge in [-0.25, -0.2) is 4.98 Å². The molecular formula is C19H18F5N5O3. The van der Waals surface area contributed by atoms with E-state index in [9.17, 15) is 27.1 Å². The van der Waals surface area contributed by atoms with Crippen molar-refractivity contribution in [2.24, 2.45) is 0 Å². The number of halogens is 5. The molecule has 1 fully saturated rings. The summed E-state index contributed by atoms with van der Waals surface area (Å²) in [5, 5.41) is 21.4. The summed E-state index contributed by atoms with van der Waals surface area (Å²) in [4.78, 5) is 4.01. The number of aliphatic hydroxyl groups is 1. The van der Waals surface area contributed by atoms with E-state index in [2.05, 4.69) is 30.0 Å². The fourth-order valence-electron chi connectivity index (χ4n) is 3.66. The number of fused-ring (bicyclic) bond motifs is 1. The zero-order valence-corrected chi connectivity index (χ0v) is 16.4. The van der Waals surface area contributed by atoms with Gasteiger partial charge in [0.05, 0.1) is 23.9 Å². The second-order valence-corrected chi connectivity index (χ2v) is 7.21. The van der Waals surface area contributed by atoms with Gasteiger partial charge in [-0.05, 0) is 25.0 Å². The van der Waals surface area contributed by atoms with E-state index in [1.807, 2.05) is 0 Å². The summed E-state index contributed by atoms with van der Waals surface area (Å²) in [7, 11) is 0. The highest BCUT2D eigenvalue weighted by Gasteiger charge is 2.33. The third-order valence-electron chi connectivity index (χ3n) is 5.06. The summed E-state index contributed by atoms with van der Waals surface area (Å²) >= 11 is 0. The Kier molecular flexibility index (Phi) is 6.00. The van der Waals surface area contributed by atoms with Crippen LogP contribution in [0.5, 0.6) is 11.5 Å². The lowest BCUT2D eigenvalue weighted by atomic mass is 9.93. The van der Waals surface area contributed by atoms with Crippen molar-refractivity contribution in [3.8, 4) is 22.8 Å². The first-order chi connectivity index (χ1) is 15.2. The Bertz CT molecular complexity index is 1090. The molecular weight excluding hydrogens is 441 g/mol. The van der Waals surface area contributed by atoms with Crippen molar-refractivity contribution in [2.75, 3.05) is 5.32 Å². The van der Waals surface area contributed by atoms with Gasteiger partial charge in [-0.15, -0.1) is 23.4 Å². The van der Waals surface area contributed by atoms with Crippen molar-refractivity contribution in [1.82, 2.24) is 19.6 Å². The molecule has 0 radical (unpaired) electrons. The molecule has 1 aromatic carbocycles. The quantitative estimate of drug-likeness (QED) is 0.538. The fraction of sp³-hybridized carbons (Fsp3) is 0.421. The number of hydrogen-bond donors (Lipinski definition) is 2. The normalized spacial score (nSPS) is 19.3. The second kappa shape index (κ2) is 8.73. The average Bonchev–Trinajstić information content (AvgIpc) is 3.19. The highest BCUT2D eigenvalue weighted by atomic mass is 19.4. The Hall–Kier alpha value is -3.22. The first-order valence-electron chi connectivity index (χ1n) is 9.69. The van der Waals surface area contributed by atoms with E-state index in [4.69, 9.17) is 0 Å². The molecule has 2 atom stereocenters. The number of hydrogen-bond acceptors (Lipinski definition) is 7. The van der Waals surface area contributed by atoms with Crippen molar-refractivity contribution in [1.29, 1.82) is 0 Å². The molecule has 13 heteroatoms. The summed E-state index contributed by atoms with van der Waals surface area (Å²) in [6.07, 6.45) is 0.309. The molecule has 0 amide bonds. The van der Waals surface area contributed by atoms with Crippen molar-refractivity contribution in [3.63, 3.8) is 0 Å². The van der Waals surface area contributed by atoms with Crippen LogP contribution in [-0.2, 0) is 0 Å². The third-order valence-corrected chi connectivity index (χ3v) is 5.06. The monoisotopic (exact) mass is 459 g/mol. The highest BCUT2D eigenvalue weighted by Crippen LogP contribution is 2.38. The molecule has 0 aliphatic heterocycles. The first-order valence-corrected chi connectivity index (χ1v) is 9.69. The van der Waals surface area contributed by atoms with E-state index in [0.29, 0.717) is 18.0 Å². The maximum Gasteiger partial charge on any atom is 0.573 e. The van der Waals surface area contributed by atoms with Crippen LogP contribution in [0.15, 0.2) is 30.7 Å². The first kappa shape index (κ1) is 22.0. The molecule has 172 valence electrons. The van der Waals surface area contributed by atoms with E-state index in [1.165, 1.54) is 16.9 Å². The van der Waals surface area contributed by atoms with Gasteiger partial charge < -0.3 is 19.9 Å². The van der Waals surface area contributed by atoms with Crippen LogP contribution in [0.1, 0.15) is 25.7 Å². The number of aliphatic hydroxyl groups excluding tert-OH is 1. The number of rotatable bonds is 6. The lowest BCUT2D eigenvalue weighted by Gasteiger charge is -2.28. The van der Waals surface area contributed by atoms with Gasteiger partial charge in [0, 0.05) is 11.6 Å². The number of aromatic nitrogens is 4. The minimum absolute atomic E-state index is 0.0138. The summed E-state index contributed by atoms with van der Waals surface area (Å²) in [5.74, 6) is -1.04. The van der Waals surface area contributed by atoms with Crippen molar-refractivity contribution in [3.05, 3.63) is 30.7 Å². The van der Waals surface area contributed by atoms with Crippen LogP contribution in [0, 0.1) is 0 Å². The van der Waals surface area contributed by atoms with Crippen molar-refractivity contribution < 1.29 is 36.5 Å². The van der Waals surface area contributed by atoms with E-state index in [0.717, 1.165) is 31.4 Å². The molecule has 0 saturated heterocycles. The lowest BCUT2D eigenvalue weighted by molar-refractivity contribution is -0.274. The van der Waals surface area contributed by atoms with Crippen LogP contribution < -0.4 is 14.8 Å². The average molecular weight is 459 g/mol.